The summed E-state index contributed by atoms with van der Waals surface area (Å²) in [4.78, 5) is 26.7. The summed E-state index contributed by atoms with van der Waals surface area (Å²) in [5.74, 6) is 1.12. The molecule has 3 aromatic rings. The SMILES string of the molecule is O=C(c1cncnc1)N1CCCC(c2ncc(Cc3ccc(F)cc3)o2)C1. The van der Waals surface area contributed by atoms with Gasteiger partial charge in [-0.1, -0.05) is 12.1 Å². The van der Waals surface area contributed by atoms with E-state index in [1.807, 2.05) is 0 Å². The van der Waals surface area contributed by atoms with Gasteiger partial charge in [0.2, 0.25) is 0 Å². The predicted molar refractivity (Wildman–Crippen MR) is 95.6 cm³/mol. The van der Waals surface area contributed by atoms with Gasteiger partial charge in [-0.3, -0.25) is 4.79 Å². The average Bonchev–Trinajstić information content (AvgIpc) is 3.18. The van der Waals surface area contributed by atoms with Crippen molar-refractivity contribution in [3.05, 3.63) is 77.8 Å². The molecule has 27 heavy (non-hydrogen) atoms. The van der Waals surface area contributed by atoms with Gasteiger partial charge in [0.15, 0.2) is 5.89 Å². The first kappa shape index (κ1) is 17.3. The van der Waals surface area contributed by atoms with Crippen LogP contribution in [0.25, 0.3) is 0 Å². The molecule has 0 bridgehead atoms. The van der Waals surface area contributed by atoms with E-state index in [9.17, 15) is 9.18 Å². The van der Waals surface area contributed by atoms with E-state index in [0.29, 0.717) is 31.0 Å². The zero-order chi connectivity index (χ0) is 18.6. The lowest BCUT2D eigenvalue weighted by Crippen LogP contribution is -2.39. The van der Waals surface area contributed by atoms with Crippen molar-refractivity contribution in [1.29, 1.82) is 0 Å². The van der Waals surface area contributed by atoms with Gasteiger partial charge in [0.1, 0.15) is 17.9 Å². The Hall–Kier alpha value is -3.09. The van der Waals surface area contributed by atoms with Crippen LogP contribution < -0.4 is 0 Å². The van der Waals surface area contributed by atoms with Gasteiger partial charge in [-0.25, -0.2) is 19.3 Å². The zero-order valence-corrected chi connectivity index (χ0v) is 14.7. The van der Waals surface area contributed by atoms with E-state index in [-0.39, 0.29) is 17.6 Å². The van der Waals surface area contributed by atoms with Crippen molar-refractivity contribution in [2.75, 3.05) is 13.1 Å². The maximum absolute atomic E-state index is 13.0. The highest BCUT2D eigenvalue weighted by Gasteiger charge is 2.28. The topological polar surface area (TPSA) is 72.1 Å². The van der Waals surface area contributed by atoms with Crippen molar-refractivity contribution in [2.24, 2.45) is 0 Å². The highest BCUT2D eigenvalue weighted by molar-refractivity contribution is 5.93. The second kappa shape index (κ2) is 7.65. The van der Waals surface area contributed by atoms with Gasteiger partial charge in [0.05, 0.1) is 17.7 Å². The molecule has 1 unspecified atom stereocenters. The molecule has 1 atom stereocenters. The van der Waals surface area contributed by atoms with Crippen LogP contribution in [0.5, 0.6) is 0 Å². The molecule has 4 rings (SSSR count). The first-order valence-electron chi connectivity index (χ1n) is 8.92. The van der Waals surface area contributed by atoms with Crippen molar-refractivity contribution >= 4 is 5.91 Å². The number of hydrogen-bond donors (Lipinski definition) is 0. The molecule has 2 aromatic heterocycles. The Morgan fingerprint density at radius 3 is 2.74 bits per heavy atom. The number of oxazole rings is 1. The molecule has 1 fully saturated rings. The van der Waals surface area contributed by atoms with E-state index >= 15 is 0 Å². The number of carbonyl (C=O) groups is 1. The standard InChI is InChI=1S/C20H19FN4O2/c21-17-5-3-14(4-6-17)8-18-11-24-19(27-18)15-2-1-7-25(12-15)20(26)16-9-22-13-23-10-16/h3-6,9-11,13,15H,1-2,7-8,12H2. The molecule has 1 aliphatic rings. The van der Waals surface area contributed by atoms with Gasteiger partial charge >= 0.3 is 0 Å². The van der Waals surface area contributed by atoms with Gasteiger partial charge in [0, 0.05) is 31.9 Å². The minimum absolute atomic E-state index is 0.0642. The van der Waals surface area contributed by atoms with Gasteiger partial charge in [0.25, 0.3) is 5.91 Å². The second-order valence-corrected chi connectivity index (χ2v) is 6.69. The summed E-state index contributed by atoms with van der Waals surface area (Å²) in [7, 11) is 0. The third-order valence-corrected chi connectivity index (χ3v) is 4.73. The van der Waals surface area contributed by atoms with E-state index in [2.05, 4.69) is 15.0 Å². The molecule has 0 N–H and O–H groups in total. The van der Waals surface area contributed by atoms with Crippen LogP contribution in [0.3, 0.4) is 0 Å². The van der Waals surface area contributed by atoms with Crippen LogP contribution >= 0.6 is 0 Å². The molecule has 0 aliphatic carbocycles. The molecule has 3 heterocycles. The number of hydrogen-bond acceptors (Lipinski definition) is 5. The first-order valence-corrected chi connectivity index (χ1v) is 8.92. The van der Waals surface area contributed by atoms with Crippen LogP contribution in [0.15, 0.2) is 53.6 Å². The number of halogens is 1. The normalized spacial score (nSPS) is 17.1. The van der Waals surface area contributed by atoms with E-state index in [1.54, 1.807) is 23.2 Å². The van der Waals surface area contributed by atoms with Crippen molar-refractivity contribution in [3.63, 3.8) is 0 Å². The number of piperidine rings is 1. The fourth-order valence-electron chi connectivity index (χ4n) is 3.35. The van der Waals surface area contributed by atoms with Crippen LogP contribution in [0.4, 0.5) is 4.39 Å². The Morgan fingerprint density at radius 2 is 1.96 bits per heavy atom. The fraction of sp³-hybridized carbons (Fsp3) is 0.300. The smallest absolute Gasteiger partial charge is 0.257 e. The van der Waals surface area contributed by atoms with Crippen LogP contribution in [-0.4, -0.2) is 38.8 Å². The molecule has 6 nitrogen and oxygen atoms in total. The van der Waals surface area contributed by atoms with Crippen molar-refractivity contribution in [3.8, 4) is 0 Å². The lowest BCUT2D eigenvalue weighted by atomic mass is 9.97. The summed E-state index contributed by atoms with van der Waals surface area (Å²) in [5, 5.41) is 0. The molecular formula is C20H19FN4O2. The molecule has 1 aromatic carbocycles. The predicted octanol–water partition coefficient (Wildman–Crippen LogP) is 3.21. The number of likely N-dealkylation sites (tertiary alicyclic amines) is 1. The largest absolute Gasteiger partial charge is 0.445 e. The molecular weight excluding hydrogens is 347 g/mol. The number of aromatic nitrogens is 3. The molecule has 0 radical (unpaired) electrons. The van der Waals surface area contributed by atoms with E-state index < -0.39 is 0 Å². The molecule has 138 valence electrons. The molecule has 1 amide bonds. The van der Waals surface area contributed by atoms with E-state index in [0.717, 1.165) is 24.2 Å². The molecule has 0 spiro atoms. The van der Waals surface area contributed by atoms with Crippen LogP contribution in [0, 0.1) is 5.82 Å². The summed E-state index contributed by atoms with van der Waals surface area (Å²) >= 11 is 0. The van der Waals surface area contributed by atoms with E-state index in [4.69, 9.17) is 4.42 Å². The Kier molecular flexibility index (Phi) is 4.91. The Morgan fingerprint density at radius 1 is 1.19 bits per heavy atom. The maximum atomic E-state index is 13.0. The summed E-state index contributed by atoms with van der Waals surface area (Å²) in [5.41, 5.74) is 1.45. The van der Waals surface area contributed by atoms with Gasteiger partial charge in [-0.05, 0) is 30.5 Å². The first-order chi connectivity index (χ1) is 13.2. The van der Waals surface area contributed by atoms with Crippen LogP contribution in [0.1, 0.15) is 46.3 Å². The fourth-order valence-corrected chi connectivity index (χ4v) is 3.35. The number of carbonyl (C=O) groups excluding carboxylic acids is 1. The Balaban J connectivity index is 1.43. The molecule has 1 aliphatic heterocycles. The van der Waals surface area contributed by atoms with Gasteiger partial charge in [-0.15, -0.1) is 0 Å². The summed E-state index contributed by atoms with van der Waals surface area (Å²) in [6, 6.07) is 6.34. The third kappa shape index (κ3) is 4.02. The maximum Gasteiger partial charge on any atom is 0.257 e. The highest BCUT2D eigenvalue weighted by atomic mass is 19.1. The second-order valence-electron chi connectivity index (χ2n) is 6.69. The highest BCUT2D eigenvalue weighted by Crippen LogP contribution is 2.28. The van der Waals surface area contributed by atoms with Crippen molar-refractivity contribution < 1.29 is 13.6 Å². The quantitative estimate of drug-likeness (QED) is 0.709. The Labute approximate surface area is 156 Å². The lowest BCUT2D eigenvalue weighted by molar-refractivity contribution is 0.0697. The summed E-state index contributed by atoms with van der Waals surface area (Å²) < 4.78 is 18.9. The number of rotatable bonds is 4. The molecule has 1 saturated heterocycles. The number of nitrogens with zero attached hydrogens (tertiary/aromatic N) is 4. The van der Waals surface area contributed by atoms with Crippen LogP contribution in [0.2, 0.25) is 0 Å². The summed E-state index contributed by atoms with van der Waals surface area (Å²) in [6.07, 6.45) is 8.56. The van der Waals surface area contributed by atoms with E-state index in [1.165, 1.54) is 30.9 Å². The van der Waals surface area contributed by atoms with Gasteiger partial charge in [-0.2, -0.15) is 0 Å². The summed E-state index contributed by atoms with van der Waals surface area (Å²) in [6.45, 7) is 1.26. The minimum Gasteiger partial charge on any atom is -0.445 e. The molecule has 0 saturated carbocycles. The number of benzene rings is 1. The zero-order valence-electron chi connectivity index (χ0n) is 14.7. The lowest BCUT2D eigenvalue weighted by Gasteiger charge is -2.31. The van der Waals surface area contributed by atoms with Gasteiger partial charge < -0.3 is 9.32 Å². The van der Waals surface area contributed by atoms with Crippen molar-refractivity contribution in [2.45, 2.75) is 25.2 Å². The average molecular weight is 366 g/mol. The molecule has 7 heteroatoms. The van der Waals surface area contributed by atoms with Crippen LogP contribution in [-0.2, 0) is 6.42 Å². The monoisotopic (exact) mass is 366 g/mol. The minimum atomic E-state index is -0.257. The third-order valence-electron chi connectivity index (χ3n) is 4.73. The van der Waals surface area contributed by atoms with Crippen molar-refractivity contribution in [1.82, 2.24) is 19.9 Å². The number of amides is 1. The Bertz CT molecular complexity index is 911.